The van der Waals surface area contributed by atoms with E-state index >= 15 is 0 Å². The number of hydrogen-bond donors (Lipinski definition) is 0. The van der Waals surface area contributed by atoms with Gasteiger partial charge in [-0.1, -0.05) is 19.3 Å². The molecule has 0 saturated heterocycles. The molecule has 0 N–H and O–H groups in total. The lowest BCUT2D eigenvalue weighted by atomic mass is 10.3. The second kappa shape index (κ2) is 6.29. The van der Waals surface area contributed by atoms with Crippen molar-refractivity contribution >= 4 is 22.6 Å². The topological polar surface area (TPSA) is 0 Å². The van der Waals surface area contributed by atoms with Crippen LogP contribution >= 0.6 is 22.6 Å². The second-order valence-electron chi connectivity index (χ2n) is 1.37. The van der Waals surface area contributed by atoms with Gasteiger partial charge in [-0.3, -0.25) is 0 Å². The van der Waals surface area contributed by atoms with Crippen LogP contribution < -0.4 is 0 Å². The highest BCUT2D eigenvalue weighted by atomic mass is 127. The zero-order valence-electron chi connectivity index (χ0n) is 4.50. The van der Waals surface area contributed by atoms with Gasteiger partial charge in [0.15, 0.2) is 0 Å². The summed E-state index contributed by atoms with van der Waals surface area (Å²) in [6, 6.07) is 0. The lowest BCUT2D eigenvalue weighted by Crippen LogP contribution is -1.63. The van der Waals surface area contributed by atoms with E-state index in [0.29, 0.717) is 0 Å². The minimum absolute atomic E-state index is 1.07. The first-order chi connectivity index (χ1) is 3.41. The zero-order valence-corrected chi connectivity index (χ0v) is 6.66. The predicted octanol–water partition coefficient (Wildman–Crippen LogP) is 2.57. The van der Waals surface area contributed by atoms with Crippen LogP contribution in [0.5, 0.6) is 0 Å². The van der Waals surface area contributed by atoms with Crippen molar-refractivity contribution in [1.82, 2.24) is 0 Å². The lowest BCUT2D eigenvalue weighted by molar-refractivity contribution is 0.828. The molecule has 0 atom stereocenters. The van der Waals surface area contributed by atoms with Crippen LogP contribution in [0.3, 0.4) is 0 Å². The fraction of sp³-hybridized carbons (Fsp3) is 0.667. The Bertz CT molecular complexity index is 75.9. The van der Waals surface area contributed by atoms with Crippen molar-refractivity contribution in [2.75, 3.05) is 0 Å². The molecule has 0 radical (unpaired) electrons. The van der Waals surface area contributed by atoms with Crippen molar-refractivity contribution in [3.8, 4) is 9.85 Å². The van der Waals surface area contributed by atoms with Gasteiger partial charge in [0.2, 0.25) is 0 Å². The van der Waals surface area contributed by atoms with Crippen LogP contribution in [-0.4, -0.2) is 0 Å². The number of unbranched alkanes of at least 4 members (excludes halogenated alkanes) is 2. The lowest BCUT2D eigenvalue weighted by Gasteiger charge is -1.80. The van der Waals surface area contributed by atoms with Crippen LogP contribution in [0, 0.1) is 9.85 Å². The van der Waals surface area contributed by atoms with Crippen molar-refractivity contribution in [1.29, 1.82) is 0 Å². The molecule has 0 aromatic rings. The third kappa shape index (κ3) is 6.29. The Morgan fingerprint density at radius 2 is 2.29 bits per heavy atom. The van der Waals surface area contributed by atoms with E-state index in [-0.39, 0.29) is 0 Å². The third-order valence-corrected chi connectivity index (χ3v) is 1.10. The molecule has 0 heterocycles. The molecule has 0 aliphatic rings. The maximum absolute atomic E-state index is 2.99. The maximum atomic E-state index is 2.99. The van der Waals surface area contributed by atoms with Crippen molar-refractivity contribution in [3.63, 3.8) is 0 Å². The third-order valence-electron chi connectivity index (χ3n) is 0.722. The molecule has 0 nitrogen and oxygen atoms in total. The number of rotatable bonds is 2. The van der Waals surface area contributed by atoms with Gasteiger partial charge in [-0.2, -0.15) is 0 Å². The molecule has 0 unspecified atom stereocenters. The first kappa shape index (κ1) is 7.29. The van der Waals surface area contributed by atoms with E-state index in [1.165, 1.54) is 12.8 Å². The van der Waals surface area contributed by atoms with E-state index in [4.69, 9.17) is 0 Å². The van der Waals surface area contributed by atoms with Crippen LogP contribution in [-0.2, 0) is 0 Å². The van der Waals surface area contributed by atoms with E-state index in [0.717, 1.165) is 6.42 Å². The van der Waals surface area contributed by atoms with Crippen molar-refractivity contribution in [3.05, 3.63) is 0 Å². The minimum atomic E-state index is 1.07. The molecule has 40 valence electrons. The van der Waals surface area contributed by atoms with Crippen LogP contribution in [0.1, 0.15) is 26.2 Å². The van der Waals surface area contributed by atoms with Crippen LogP contribution in [0.2, 0.25) is 0 Å². The number of halogens is 1. The van der Waals surface area contributed by atoms with Crippen molar-refractivity contribution < 1.29 is 0 Å². The standard InChI is InChI=1S/C6H9I/c1-2-3-4-5-6-7/h2-4H2,1H3. The van der Waals surface area contributed by atoms with Gasteiger partial charge in [0.1, 0.15) is 0 Å². The summed E-state index contributed by atoms with van der Waals surface area (Å²) in [4.78, 5) is 0. The highest BCUT2D eigenvalue weighted by molar-refractivity contribution is 14.1. The molecule has 0 fully saturated rings. The molecular weight excluding hydrogens is 199 g/mol. The van der Waals surface area contributed by atoms with E-state index < -0.39 is 0 Å². The summed E-state index contributed by atoms with van der Waals surface area (Å²) in [5.41, 5.74) is 0. The molecule has 0 aromatic carbocycles. The largest absolute Gasteiger partial charge is 0.0919 e. The molecule has 0 aliphatic heterocycles. The van der Waals surface area contributed by atoms with Gasteiger partial charge in [-0.15, -0.1) is 0 Å². The molecule has 0 saturated carbocycles. The highest BCUT2D eigenvalue weighted by Crippen LogP contribution is 1.90. The van der Waals surface area contributed by atoms with E-state index in [1.54, 1.807) is 0 Å². The predicted molar refractivity (Wildman–Crippen MR) is 41.3 cm³/mol. The Morgan fingerprint density at radius 1 is 1.57 bits per heavy atom. The number of hydrogen-bond acceptors (Lipinski definition) is 0. The Hall–Kier alpha value is 0.290. The first-order valence-corrected chi connectivity index (χ1v) is 3.58. The monoisotopic (exact) mass is 208 g/mol. The summed E-state index contributed by atoms with van der Waals surface area (Å²) < 4.78 is 2.82. The van der Waals surface area contributed by atoms with E-state index in [9.17, 15) is 0 Å². The Labute approximate surface area is 58.8 Å². The second-order valence-corrected chi connectivity index (χ2v) is 1.91. The van der Waals surface area contributed by atoms with Gasteiger partial charge in [0.05, 0.1) is 0 Å². The highest BCUT2D eigenvalue weighted by Gasteiger charge is 1.73. The van der Waals surface area contributed by atoms with Crippen LogP contribution in [0.15, 0.2) is 0 Å². The van der Waals surface area contributed by atoms with Gasteiger partial charge < -0.3 is 0 Å². The molecule has 0 amide bonds. The van der Waals surface area contributed by atoms with Crippen molar-refractivity contribution in [2.45, 2.75) is 26.2 Å². The van der Waals surface area contributed by atoms with Crippen molar-refractivity contribution in [2.24, 2.45) is 0 Å². The molecular formula is C6H9I. The molecule has 0 bridgehead atoms. The Balaban J connectivity index is 2.78. The fourth-order valence-electron chi connectivity index (χ4n) is 0.312. The van der Waals surface area contributed by atoms with E-state index in [1.807, 2.05) is 0 Å². The molecule has 1 heteroatoms. The van der Waals surface area contributed by atoms with Gasteiger partial charge >= 0.3 is 0 Å². The van der Waals surface area contributed by atoms with Gasteiger partial charge in [-0.25, -0.2) is 0 Å². The summed E-state index contributed by atoms with van der Waals surface area (Å²) in [7, 11) is 0. The zero-order chi connectivity index (χ0) is 5.54. The van der Waals surface area contributed by atoms with Gasteiger partial charge in [0.25, 0.3) is 0 Å². The molecule has 0 aliphatic carbocycles. The summed E-state index contributed by atoms with van der Waals surface area (Å²) in [6.45, 7) is 2.18. The summed E-state index contributed by atoms with van der Waals surface area (Å²) in [6.07, 6.45) is 3.57. The van der Waals surface area contributed by atoms with Gasteiger partial charge in [-0.05, 0) is 10.3 Å². The maximum Gasteiger partial charge on any atom is 0.0181 e. The SMILES string of the molecule is CCCCC#CI. The van der Waals surface area contributed by atoms with Crippen LogP contribution in [0.25, 0.3) is 0 Å². The quantitative estimate of drug-likeness (QED) is 0.371. The average molecular weight is 208 g/mol. The summed E-state index contributed by atoms with van der Waals surface area (Å²) in [5.74, 6) is 2.99. The summed E-state index contributed by atoms with van der Waals surface area (Å²) in [5, 5.41) is 0. The smallest absolute Gasteiger partial charge is 0.0181 e. The van der Waals surface area contributed by atoms with Gasteiger partial charge in [0, 0.05) is 29.0 Å². The average Bonchev–Trinajstić information content (AvgIpc) is 1.69. The summed E-state index contributed by atoms with van der Waals surface area (Å²) >= 11 is 2.07. The van der Waals surface area contributed by atoms with E-state index in [2.05, 4.69) is 39.4 Å². The first-order valence-electron chi connectivity index (χ1n) is 2.50. The molecule has 7 heavy (non-hydrogen) atoms. The Morgan fingerprint density at radius 3 is 2.71 bits per heavy atom. The normalized spacial score (nSPS) is 7.14. The molecule has 0 aromatic heterocycles. The minimum Gasteiger partial charge on any atom is -0.0919 e. The molecule has 0 rings (SSSR count). The fourth-order valence-corrected chi connectivity index (χ4v) is 0.582. The Kier molecular flexibility index (Phi) is 6.55. The molecule has 0 spiro atoms. The van der Waals surface area contributed by atoms with Crippen LogP contribution in [0.4, 0.5) is 0 Å².